The largest absolute Gasteiger partial charge is 0.295 e. The Labute approximate surface area is 98.5 Å². The molecule has 1 unspecified atom stereocenters. The average Bonchev–Trinajstić information content (AvgIpc) is 2.71. The highest BCUT2D eigenvalue weighted by atomic mass is 15.1. The van der Waals surface area contributed by atoms with Crippen molar-refractivity contribution in [2.24, 2.45) is 0 Å². The van der Waals surface area contributed by atoms with E-state index in [0.29, 0.717) is 0 Å². The predicted molar refractivity (Wildman–Crippen MR) is 67.7 cm³/mol. The summed E-state index contributed by atoms with van der Waals surface area (Å²) < 4.78 is 0. The molecule has 1 aromatic carbocycles. The summed E-state index contributed by atoms with van der Waals surface area (Å²) in [5, 5.41) is 0. The van der Waals surface area contributed by atoms with E-state index in [1.54, 1.807) is 16.7 Å². The molecule has 0 amide bonds. The van der Waals surface area contributed by atoms with Crippen molar-refractivity contribution in [1.82, 2.24) is 4.90 Å². The first-order valence-electron chi connectivity index (χ1n) is 6.33. The Balaban J connectivity index is 2.15. The van der Waals surface area contributed by atoms with Crippen LogP contribution in [-0.4, -0.2) is 11.9 Å². The molecular formula is C15H21N. The fourth-order valence-electron chi connectivity index (χ4n) is 3.23. The van der Waals surface area contributed by atoms with Crippen LogP contribution in [0.3, 0.4) is 0 Å². The second-order valence-corrected chi connectivity index (χ2v) is 6.43. The number of nitrogens with zero attached hydrogens (tertiary/aromatic N) is 1. The van der Waals surface area contributed by atoms with Crippen LogP contribution in [0, 0.1) is 0 Å². The molecular weight excluding hydrogens is 194 g/mol. The fourth-order valence-corrected chi connectivity index (χ4v) is 3.23. The van der Waals surface area contributed by atoms with E-state index in [1.165, 1.54) is 18.4 Å². The van der Waals surface area contributed by atoms with Gasteiger partial charge in [-0.3, -0.25) is 4.90 Å². The third-order valence-electron chi connectivity index (χ3n) is 4.19. The van der Waals surface area contributed by atoms with Crippen molar-refractivity contribution in [3.8, 4) is 0 Å². The average molecular weight is 215 g/mol. The van der Waals surface area contributed by atoms with Gasteiger partial charge in [0.15, 0.2) is 0 Å². The van der Waals surface area contributed by atoms with Crippen LogP contribution < -0.4 is 0 Å². The summed E-state index contributed by atoms with van der Waals surface area (Å²) in [6.45, 7) is 8.09. The zero-order chi connectivity index (χ0) is 11.5. The normalized spacial score (nSPS) is 23.9. The Bertz CT molecular complexity index is 439. The summed E-state index contributed by atoms with van der Waals surface area (Å²) in [4.78, 5) is 2.51. The second kappa shape index (κ2) is 3.10. The maximum absolute atomic E-state index is 2.51. The van der Waals surface area contributed by atoms with Gasteiger partial charge in [-0.05, 0) is 47.6 Å². The van der Waals surface area contributed by atoms with Gasteiger partial charge in [0.2, 0.25) is 0 Å². The van der Waals surface area contributed by atoms with E-state index >= 15 is 0 Å². The molecule has 86 valence electrons. The molecule has 1 atom stereocenters. The Morgan fingerprint density at radius 2 is 1.88 bits per heavy atom. The summed E-state index contributed by atoms with van der Waals surface area (Å²) >= 11 is 0. The summed E-state index contributed by atoms with van der Waals surface area (Å²) in [5.41, 5.74) is 6.67. The molecule has 0 saturated heterocycles. The molecule has 0 saturated carbocycles. The van der Waals surface area contributed by atoms with Crippen LogP contribution in [-0.2, 0) is 18.4 Å². The molecule has 0 N–H and O–H groups in total. The van der Waals surface area contributed by atoms with Crippen LogP contribution in [0.2, 0.25) is 0 Å². The molecule has 1 aliphatic carbocycles. The maximum Gasteiger partial charge on any atom is 0.0357 e. The molecule has 0 spiro atoms. The number of aryl methyl sites for hydroxylation is 1. The predicted octanol–water partition coefficient (Wildman–Crippen LogP) is 3.42. The van der Waals surface area contributed by atoms with Gasteiger partial charge in [-0.15, -0.1) is 0 Å². The lowest BCUT2D eigenvalue weighted by Gasteiger charge is -2.21. The van der Waals surface area contributed by atoms with Gasteiger partial charge in [-0.2, -0.15) is 0 Å². The minimum Gasteiger partial charge on any atom is -0.295 e. The van der Waals surface area contributed by atoms with Crippen molar-refractivity contribution >= 4 is 0 Å². The van der Waals surface area contributed by atoms with E-state index < -0.39 is 0 Å². The summed E-state index contributed by atoms with van der Waals surface area (Å²) in [5.74, 6) is 0. The molecule has 0 aromatic heterocycles. The Kier molecular flexibility index (Phi) is 2.00. The zero-order valence-corrected chi connectivity index (χ0v) is 10.8. The summed E-state index contributed by atoms with van der Waals surface area (Å²) in [6.07, 6.45) is 2.60. The quantitative estimate of drug-likeness (QED) is 0.641. The lowest BCUT2D eigenvalue weighted by molar-refractivity contribution is 0.265. The third-order valence-corrected chi connectivity index (χ3v) is 4.19. The SMILES string of the molecule is CN1Cc2cc(C(C)(C)C)cc3c2C1CC3. The van der Waals surface area contributed by atoms with Crippen LogP contribution in [0.25, 0.3) is 0 Å². The fraction of sp³-hybridized carbons (Fsp3) is 0.600. The smallest absolute Gasteiger partial charge is 0.0357 e. The van der Waals surface area contributed by atoms with Crippen molar-refractivity contribution < 1.29 is 0 Å². The monoisotopic (exact) mass is 215 g/mol. The molecule has 0 fully saturated rings. The van der Waals surface area contributed by atoms with E-state index in [-0.39, 0.29) is 5.41 Å². The minimum atomic E-state index is 0.283. The molecule has 1 heteroatoms. The van der Waals surface area contributed by atoms with Gasteiger partial charge in [0.1, 0.15) is 0 Å². The van der Waals surface area contributed by atoms with E-state index in [2.05, 4.69) is 44.9 Å². The molecule has 1 nitrogen and oxygen atoms in total. The van der Waals surface area contributed by atoms with Crippen molar-refractivity contribution in [2.45, 2.75) is 51.6 Å². The van der Waals surface area contributed by atoms with Crippen molar-refractivity contribution in [3.05, 3.63) is 34.4 Å². The Morgan fingerprint density at radius 1 is 1.19 bits per heavy atom. The first kappa shape index (κ1) is 10.3. The molecule has 2 aliphatic rings. The van der Waals surface area contributed by atoms with E-state index in [9.17, 15) is 0 Å². The molecule has 1 aliphatic heterocycles. The number of hydrogen-bond acceptors (Lipinski definition) is 1. The molecule has 0 radical (unpaired) electrons. The maximum atomic E-state index is 2.51. The van der Waals surface area contributed by atoms with Gasteiger partial charge in [-0.25, -0.2) is 0 Å². The summed E-state index contributed by atoms with van der Waals surface area (Å²) in [6, 6.07) is 5.62. The Hall–Kier alpha value is -0.820. The van der Waals surface area contributed by atoms with E-state index in [1.807, 2.05) is 0 Å². The lowest BCUT2D eigenvalue weighted by atomic mass is 9.84. The highest BCUT2D eigenvalue weighted by Crippen LogP contribution is 2.45. The highest BCUT2D eigenvalue weighted by molar-refractivity contribution is 5.48. The van der Waals surface area contributed by atoms with Crippen LogP contribution in [0.5, 0.6) is 0 Å². The van der Waals surface area contributed by atoms with Crippen LogP contribution in [0.15, 0.2) is 12.1 Å². The lowest BCUT2D eigenvalue weighted by Crippen LogP contribution is -2.14. The molecule has 0 bridgehead atoms. The van der Waals surface area contributed by atoms with E-state index in [0.717, 1.165) is 12.6 Å². The zero-order valence-electron chi connectivity index (χ0n) is 10.8. The van der Waals surface area contributed by atoms with Crippen LogP contribution in [0.4, 0.5) is 0 Å². The van der Waals surface area contributed by atoms with Crippen LogP contribution >= 0.6 is 0 Å². The number of benzene rings is 1. The second-order valence-electron chi connectivity index (χ2n) is 6.43. The molecule has 16 heavy (non-hydrogen) atoms. The number of rotatable bonds is 0. The van der Waals surface area contributed by atoms with Gasteiger partial charge >= 0.3 is 0 Å². The van der Waals surface area contributed by atoms with Gasteiger partial charge in [0.25, 0.3) is 0 Å². The van der Waals surface area contributed by atoms with E-state index in [4.69, 9.17) is 0 Å². The van der Waals surface area contributed by atoms with Gasteiger partial charge < -0.3 is 0 Å². The van der Waals surface area contributed by atoms with Gasteiger partial charge in [0.05, 0.1) is 0 Å². The van der Waals surface area contributed by atoms with Crippen molar-refractivity contribution in [1.29, 1.82) is 0 Å². The Morgan fingerprint density at radius 3 is 2.56 bits per heavy atom. The van der Waals surface area contributed by atoms with Gasteiger partial charge in [0, 0.05) is 12.6 Å². The first-order valence-corrected chi connectivity index (χ1v) is 6.33. The summed E-state index contributed by atoms with van der Waals surface area (Å²) in [7, 11) is 2.26. The molecule has 1 heterocycles. The van der Waals surface area contributed by atoms with Gasteiger partial charge in [-0.1, -0.05) is 32.9 Å². The minimum absolute atomic E-state index is 0.283. The standard InChI is InChI=1S/C15H21N/c1-15(2,3)12-7-10-5-6-13-14(10)11(8-12)9-16(13)4/h7-8,13H,5-6,9H2,1-4H3. The molecule has 3 rings (SSSR count). The highest BCUT2D eigenvalue weighted by Gasteiger charge is 2.35. The molecule has 1 aromatic rings. The van der Waals surface area contributed by atoms with Crippen molar-refractivity contribution in [3.63, 3.8) is 0 Å². The van der Waals surface area contributed by atoms with Crippen LogP contribution in [0.1, 0.15) is 55.5 Å². The first-order chi connectivity index (χ1) is 7.47. The third kappa shape index (κ3) is 1.34. The number of hydrogen-bond donors (Lipinski definition) is 0. The topological polar surface area (TPSA) is 3.24 Å². The van der Waals surface area contributed by atoms with Crippen molar-refractivity contribution in [2.75, 3.05) is 7.05 Å².